The molecule has 0 amide bonds. The van der Waals surface area contributed by atoms with Crippen LogP contribution in [0, 0.1) is 6.92 Å². The summed E-state index contributed by atoms with van der Waals surface area (Å²) in [4.78, 5) is 8.96. The molecule has 14 heavy (non-hydrogen) atoms. The van der Waals surface area contributed by atoms with Crippen LogP contribution < -0.4 is 5.32 Å². The third kappa shape index (κ3) is 2.38. The number of thioether (sulfide) groups is 1. The van der Waals surface area contributed by atoms with Crippen molar-refractivity contribution in [2.24, 2.45) is 0 Å². The van der Waals surface area contributed by atoms with E-state index in [9.17, 15) is 0 Å². The fourth-order valence-electron chi connectivity index (χ4n) is 1.40. The Morgan fingerprint density at radius 1 is 1.36 bits per heavy atom. The molecule has 0 aliphatic carbocycles. The standard InChI is InChI=1S/C10H17N3S/c1-5-8-7(2)10(11-3)13-9(12-8)6-14-4/h5-6H2,1-4H3,(H,11,12,13). The second-order valence-corrected chi connectivity index (χ2v) is 3.96. The van der Waals surface area contributed by atoms with Crippen molar-refractivity contribution < 1.29 is 0 Å². The Bertz CT molecular complexity index is 287. The second kappa shape index (κ2) is 5.20. The highest BCUT2D eigenvalue weighted by molar-refractivity contribution is 7.97. The summed E-state index contributed by atoms with van der Waals surface area (Å²) < 4.78 is 0. The number of nitrogens with zero attached hydrogens (tertiary/aromatic N) is 2. The summed E-state index contributed by atoms with van der Waals surface area (Å²) in [5, 5.41) is 3.11. The smallest absolute Gasteiger partial charge is 0.140 e. The molecule has 1 rings (SSSR count). The van der Waals surface area contributed by atoms with Gasteiger partial charge in [0, 0.05) is 18.3 Å². The third-order valence-electron chi connectivity index (χ3n) is 2.14. The summed E-state index contributed by atoms with van der Waals surface area (Å²) in [5.74, 6) is 2.76. The van der Waals surface area contributed by atoms with Gasteiger partial charge in [0.25, 0.3) is 0 Å². The number of hydrogen-bond acceptors (Lipinski definition) is 4. The number of aryl methyl sites for hydroxylation is 1. The van der Waals surface area contributed by atoms with Crippen LogP contribution in [0.1, 0.15) is 24.0 Å². The fraction of sp³-hybridized carbons (Fsp3) is 0.600. The first-order valence-corrected chi connectivity index (χ1v) is 6.15. The topological polar surface area (TPSA) is 37.8 Å². The van der Waals surface area contributed by atoms with Crippen LogP contribution in [0.2, 0.25) is 0 Å². The molecular formula is C10H17N3S. The Labute approximate surface area is 89.7 Å². The summed E-state index contributed by atoms with van der Waals surface area (Å²) >= 11 is 1.75. The van der Waals surface area contributed by atoms with E-state index >= 15 is 0 Å². The van der Waals surface area contributed by atoms with Gasteiger partial charge in [-0.05, 0) is 19.6 Å². The quantitative estimate of drug-likeness (QED) is 0.829. The molecule has 1 aromatic rings. The molecule has 1 aromatic heterocycles. The summed E-state index contributed by atoms with van der Waals surface area (Å²) in [5.41, 5.74) is 2.31. The van der Waals surface area contributed by atoms with Gasteiger partial charge in [-0.1, -0.05) is 6.92 Å². The van der Waals surface area contributed by atoms with E-state index in [2.05, 4.69) is 35.4 Å². The van der Waals surface area contributed by atoms with E-state index in [1.165, 1.54) is 5.56 Å². The van der Waals surface area contributed by atoms with Gasteiger partial charge in [-0.3, -0.25) is 0 Å². The maximum absolute atomic E-state index is 4.52. The Morgan fingerprint density at radius 3 is 2.57 bits per heavy atom. The van der Waals surface area contributed by atoms with Gasteiger partial charge in [-0.2, -0.15) is 11.8 Å². The number of aromatic nitrogens is 2. The number of rotatable bonds is 4. The van der Waals surface area contributed by atoms with Crippen molar-refractivity contribution in [2.75, 3.05) is 18.6 Å². The molecule has 1 heterocycles. The van der Waals surface area contributed by atoms with Gasteiger partial charge >= 0.3 is 0 Å². The molecule has 0 unspecified atom stereocenters. The van der Waals surface area contributed by atoms with E-state index in [1.54, 1.807) is 11.8 Å². The van der Waals surface area contributed by atoms with Crippen LogP contribution in [0.3, 0.4) is 0 Å². The summed E-state index contributed by atoms with van der Waals surface area (Å²) in [7, 11) is 1.90. The Morgan fingerprint density at radius 2 is 2.07 bits per heavy atom. The van der Waals surface area contributed by atoms with E-state index in [4.69, 9.17) is 0 Å². The molecule has 78 valence electrons. The highest BCUT2D eigenvalue weighted by Crippen LogP contribution is 2.17. The molecule has 0 spiro atoms. The normalized spacial score (nSPS) is 10.3. The molecule has 0 aliphatic rings. The predicted molar refractivity (Wildman–Crippen MR) is 62.9 cm³/mol. The van der Waals surface area contributed by atoms with Crippen molar-refractivity contribution in [2.45, 2.75) is 26.0 Å². The Kier molecular flexibility index (Phi) is 4.20. The zero-order valence-corrected chi connectivity index (χ0v) is 10.0. The van der Waals surface area contributed by atoms with Crippen LogP contribution in [0.5, 0.6) is 0 Å². The SMILES string of the molecule is CCc1nc(CSC)nc(NC)c1C. The predicted octanol–water partition coefficient (Wildman–Crippen LogP) is 2.25. The highest BCUT2D eigenvalue weighted by atomic mass is 32.2. The van der Waals surface area contributed by atoms with Gasteiger partial charge in [0.1, 0.15) is 11.6 Å². The van der Waals surface area contributed by atoms with Crippen LogP contribution in [-0.4, -0.2) is 23.3 Å². The molecule has 0 fully saturated rings. The molecule has 0 atom stereocenters. The van der Waals surface area contributed by atoms with Crippen molar-refractivity contribution in [3.8, 4) is 0 Å². The molecule has 0 bridgehead atoms. The minimum absolute atomic E-state index is 0.877. The van der Waals surface area contributed by atoms with Crippen molar-refractivity contribution in [3.05, 3.63) is 17.1 Å². The lowest BCUT2D eigenvalue weighted by Crippen LogP contribution is -2.06. The molecule has 0 aromatic carbocycles. The lowest BCUT2D eigenvalue weighted by molar-refractivity contribution is 0.921. The largest absolute Gasteiger partial charge is 0.373 e. The van der Waals surface area contributed by atoms with Crippen LogP contribution in [-0.2, 0) is 12.2 Å². The zero-order valence-electron chi connectivity index (χ0n) is 9.22. The third-order valence-corrected chi connectivity index (χ3v) is 2.68. The monoisotopic (exact) mass is 211 g/mol. The van der Waals surface area contributed by atoms with Crippen LogP contribution in [0.15, 0.2) is 0 Å². The first-order valence-electron chi connectivity index (χ1n) is 4.76. The molecule has 0 saturated heterocycles. The molecule has 0 saturated carbocycles. The van der Waals surface area contributed by atoms with Crippen LogP contribution >= 0.6 is 11.8 Å². The van der Waals surface area contributed by atoms with E-state index in [0.717, 1.165) is 29.5 Å². The average molecular weight is 211 g/mol. The number of anilines is 1. The van der Waals surface area contributed by atoms with Gasteiger partial charge in [0.15, 0.2) is 0 Å². The average Bonchev–Trinajstić information content (AvgIpc) is 2.20. The van der Waals surface area contributed by atoms with Crippen LogP contribution in [0.25, 0.3) is 0 Å². The van der Waals surface area contributed by atoms with Gasteiger partial charge in [-0.25, -0.2) is 9.97 Å². The maximum Gasteiger partial charge on any atom is 0.140 e. The maximum atomic E-state index is 4.52. The molecule has 1 N–H and O–H groups in total. The van der Waals surface area contributed by atoms with Crippen molar-refractivity contribution in [3.63, 3.8) is 0 Å². The van der Waals surface area contributed by atoms with E-state index in [1.807, 2.05) is 7.05 Å². The van der Waals surface area contributed by atoms with Crippen molar-refractivity contribution in [1.29, 1.82) is 0 Å². The number of nitrogens with one attached hydrogen (secondary N) is 1. The summed E-state index contributed by atoms with van der Waals surface area (Å²) in [6.45, 7) is 4.19. The summed E-state index contributed by atoms with van der Waals surface area (Å²) in [6, 6.07) is 0. The van der Waals surface area contributed by atoms with Gasteiger partial charge in [0.05, 0.1) is 5.75 Å². The minimum Gasteiger partial charge on any atom is -0.373 e. The van der Waals surface area contributed by atoms with Gasteiger partial charge < -0.3 is 5.32 Å². The lowest BCUT2D eigenvalue weighted by Gasteiger charge is -2.10. The van der Waals surface area contributed by atoms with Crippen molar-refractivity contribution >= 4 is 17.6 Å². The zero-order chi connectivity index (χ0) is 10.6. The molecular weight excluding hydrogens is 194 g/mol. The first kappa shape index (κ1) is 11.3. The Hall–Kier alpha value is -0.770. The van der Waals surface area contributed by atoms with Crippen molar-refractivity contribution in [1.82, 2.24) is 9.97 Å². The highest BCUT2D eigenvalue weighted by Gasteiger charge is 2.07. The minimum atomic E-state index is 0.877. The molecule has 4 heteroatoms. The van der Waals surface area contributed by atoms with Gasteiger partial charge in [-0.15, -0.1) is 0 Å². The van der Waals surface area contributed by atoms with Gasteiger partial charge in [0.2, 0.25) is 0 Å². The van der Waals surface area contributed by atoms with Crippen LogP contribution in [0.4, 0.5) is 5.82 Å². The van der Waals surface area contributed by atoms with E-state index < -0.39 is 0 Å². The van der Waals surface area contributed by atoms with E-state index in [-0.39, 0.29) is 0 Å². The van der Waals surface area contributed by atoms with E-state index in [0.29, 0.717) is 0 Å². The molecule has 0 radical (unpaired) electrons. The molecule has 0 aliphatic heterocycles. The lowest BCUT2D eigenvalue weighted by atomic mass is 10.2. The Balaban J connectivity index is 3.11. The first-order chi connectivity index (χ1) is 6.72. The summed E-state index contributed by atoms with van der Waals surface area (Å²) in [6.07, 6.45) is 3.03. The fourth-order valence-corrected chi connectivity index (χ4v) is 1.78. The number of hydrogen-bond donors (Lipinski definition) is 1. The molecule has 3 nitrogen and oxygen atoms in total. The second-order valence-electron chi connectivity index (χ2n) is 3.10.